The Morgan fingerprint density at radius 1 is 1.09 bits per heavy atom. The third kappa shape index (κ3) is 3.50. The molecule has 5 heteroatoms. The first-order chi connectivity index (χ1) is 11.1. The Bertz CT molecular complexity index is 691. The Hall–Kier alpha value is -2.43. The fourth-order valence-electron chi connectivity index (χ4n) is 2.79. The summed E-state index contributed by atoms with van der Waals surface area (Å²) in [4.78, 5) is 22.9. The predicted molar refractivity (Wildman–Crippen MR) is 91.0 cm³/mol. The molecule has 1 fully saturated rings. The Morgan fingerprint density at radius 3 is 2.48 bits per heavy atom. The number of carbonyl (C=O) groups is 1. The lowest BCUT2D eigenvalue weighted by atomic mass is 10.1. The first-order valence-electron chi connectivity index (χ1n) is 8.10. The van der Waals surface area contributed by atoms with E-state index in [2.05, 4.69) is 35.2 Å². The molecule has 0 saturated carbocycles. The van der Waals surface area contributed by atoms with Gasteiger partial charge in [-0.05, 0) is 50.3 Å². The summed E-state index contributed by atoms with van der Waals surface area (Å²) >= 11 is 0. The largest absolute Gasteiger partial charge is 0.339 e. The molecular formula is C18H22N4O. The maximum atomic E-state index is 12.4. The van der Waals surface area contributed by atoms with Gasteiger partial charge in [-0.25, -0.2) is 9.97 Å². The molecule has 1 aromatic carbocycles. The molecule has 1 saturated heterocycles. The van der Waals surface area contributed by atoms with Crippen molar-refractivity contribution in [1.29, 1.82) is 0 Å². The first kappa shape index (κ1) is 15.5. The molecule has 1 amide bonds. The lowest BCUT2D eigenvalue weighted by Gasteiger charge is -2.26. The highest BCUT2D eigenvalue weighted by atomic mass is 16.2. The number of aryl methyl sites for hydroxylation is 1. The summed E-state index contributed by atoms with van der Waals surface area (Å²) in [5.41, 5.74) is 3.93. The maximum Gasteiger partial charge on any atom is 0.256 e. The van der Waals surface area contributed by atoms with Gasteiger partial charge in [-0.15, -0.1) is 0 Å². The molecule has 0 radical (unpaired) electrons. The van der Waals surface area contributed by atoms with Crippen molar-refractivity contribution in [2.24, 2.45) is 0 Å². The molecule has 5 nitrogen and oxygen atoms in total. The summed E-state index contributed by atoms with van der Waals surface area (Å²) < 4.78 is 0. The fourth-order valence-corrected chi connectivity index (χ4v) is 2.79. The second-order valence-electron chi connectivity index (χ2n) is 6.02. The van der Waals surface area contributed by atoms with Crippen LogP contribution < -0.4 is 5.32 Å². The smallest absolute Gasteiger partial charge is 0.256 e. The molecule has 1 aliphatic heterocycles. The molecule has 120 valence electrons. The summed E-state index contributed by atoms with van der Waals surface area (Å²) in [5, 5.41) is 3.21. The number of nitrogens with one attached hydrogen (secondary N) is 1. The van der Waals surface area contributed by atoms with Crippen molar-refractivity contribution in [3.63, 3.8) is 0 Å². The molecule has 0 spiro atoms. The van der Waals surface area contributed by atoms with Gasteiger partial charge < -0.3 is 10.2 Å². The SMILES string of the molecule is Cc1cccc(Nc2ncc(C(=O)N3CCCCC3)cn2)c1C. The number of hydrogen-bond acceptors (Lipinski definition) is 4. The molecule has 0 aliphatic carbocycles. The summed E-state index contributed by atoms with van der Waals surface area (Å²) in [6.07, 6.45) is 6.59. The molecule has 1 N–H and O–H groups in total. The van der Waals surface area contributed by atoms with E-state index in [1.165, 1.54) is 17.5 Å². The number of likely N-dealkylation sites (tertiary alicyclic amines) is 1. The Morgan fingerprint density at radius 2 is 1.78 bits per heavy atom. The van der Waals surface area contributed by atoms with Crippen LogP contribution >= 0.6 is 0 Å². The van der Waals surface area contributed by atoms with Crippen molar-refractivity contribution in [3.05, 3.63) is 47.3 Å². The Kier molecular flexibility index (Phi) is 4.55. The average molecular weight is 310 g/mol. The molecule has 0 bridgehead atoms. The normalized spacial score (nSPS) is 14.6. The Labute approximate surface area is 136 Å². The quantitative estimate of drug-likeness (QED) is 0.943. The average Bonchev–Trinajstić information content (AvgIpc) is 2.60. The summed E-state index contributed by atoms with van der Waals surface area (Å²) in [5.74, 6) is 0.539. The topological polar surface area (TPSA) is 58.1 Å². The van der Waals surface area contributed by atoms with E-state index in [-0.39, 0.29) is 5.91 Å². The van der Waals surface area contributed by atoms with E-state index < -0.39 is 0 Å². The highest BCUT2D eigenvalue weighted by Crippen LogP contribution is 2.21. The van der Waals surface area contributed by atoms with Gasteiger partial charge in [-0.2, -0.15) is 0 Å². The number of piperidine rings is 1. The monoisotopic (exact) mass is 310 g/mol. The van der Waals surface area contributed by atoms with Gasteiger partial charge >= 0.3 is 0 Å². The molecule has 0 unspecified atom stereocenters. The minimum Gasteiger partial charge on any atom is -0.339 e. The highest BCUT2D eigenvalue weighted by molar-refractivity contribution is 5.93. The maximum absolute atomic E-state index is 12.4. The van der Waals surface area contributed by atoms with Gasteiger partial charge in [0, 0.05) is 31.2 Å². The van der Waals surface area contributed by atoms with E-state index in [1.54, 1.807) is 12.4 Å². The van der Waals surface area contributed by atoms with Gasteiger partial charge in [-0.1, -0.05) is 12.1 Å². The lowest BCUT2D eigenvalue weighted by Crippen LogP contribution is -2.35. The highest BCUT2D eigenvalue weighted by Gasteiger charge is 2.18. The second kappa shape index (κ2) is 6.77. The second-order valence-corrected chi connectivity index (χ2v) is 6.02. The zero-order chi connectivity index (χ0) is 16.2. The zero-order valence-corrected chi connectivity index (χ0v) is 13.7. The molecule has 1 aliphatic rings. The first-order valence-corrected chi connectivity index (χ1v) is 8.10. The third-order valence-corrected chi connectivity index (χ3v) is 4.39. The number of rotatable bonds is 3. The standard InChI is InChI=1S/C18H22N4O/c1-13-7-6-8-16(14(13)2)21-18-19-11-15(12-20-18)17(23)22-9-4-3-5-10-22/h6-8,11-12H,3-5,9-10H2,1-2H3,(H,19,20,21). The van der Waals surface area contributed by atoms with Crippen molar-refractivity contribution in [2.45, 2.75) is 33.1 Å². The van der Waals surface area contributed by atoms with E-state index in [0.717, 1.165) is 31.6 Å². The van der Waals surface area contributed by atoms with Crippen molar-refractivity contribution in [3.8, 4) is 0 Å². The van der Waals surface area contributed by atoms with Crippen LogP contribution in [0.5, 0.6) is 0 Å². The van der Waals surface area contributed by atoms with Gasteiger partial charge in [0.2, 0.25) is 5.95 Å². The van der Waals surface area contributed by atoms with Crippen molar-refractivity contribution in [1.82, 2.24) is 14.9 Å². The van der Waals surface area contributed by atoms with Crippen LogP contribution in [-0.4, -0.2) is 33.9 Å². The number of aromatic nitrogens is 2. The minimum atomic E-state index is 0.0305. The molecule has 3 rings (SSSR count). The van der Waals surface area contributed by atoms with E-state index in [4.69, 9.17) is 0 Å². The van der Waals surface area contributed by atoms with E-state index >= 15 is 0 Å². The van der Waals surface area contributed by atoms with E-state index in [1.807, 2.05) is 17.0 Å². The van der Waals surface area contributed by atoms with Crippen LogP contribution in [0.1, 0.15) is 40.7 Å². The number of amides is 1. The minimum absolute atomic E-state index is 0.0305. The molecule has 23 heavy (non-hydrogen) atoms. The van der Waals surface area contributed by atoms with Crippen molar-refractivity contribution < 1.29 is 4.79 Å². The Balaban J connectivity index is 1.71. The third-order valence-electron chi connectivity index (χ3n) is 4.39. The number of anilines is 2. The van der Waals surface area contributed by atoms with Gasteiger partial charge in [0.05, 0.1) is 5.56 Å². The number of nitrogens with zero attached hydrogens (tertiary/aromatic N) is 3. The van der Waals surface area contributed by atoms with E-state index in [9.17, 15) is 4.79 Å². The molecule has 1 aromatic heterocycles. The predicted octanol–water partition coefficient (Wildman–Crippen LogP) is 3.46. The molecule has 0 atom stereocenters. The van der Waals surface area contributed by atoms with Gasteiger partial charge in [0.15, 0.2) is 0 Å². The van der Waals surface area contributed by atoms with Crippen LogP contribution in [0.4, 0.5) is 11.6 Å². The molecular weight excluding hydrogens is 288 g/mol. The molecule has 2 aromatic rings. The van der Waals surface area contributed by atoms with Gasteiger partial charge in [0.1, 0.15) is 0 Å². The number of hydrogen-bond donors (Lipinski definition) is 1. The van der Waals surface area contributed by atoms with Crippen LogP contribution in [0.25, 0.3) is 0 Å². The number of benzene rings is 1. The zero-order valence-electron chi connectivity index (χ0n) is 13.7. The van der Waals surface area contributed by atoms with E-state index in [0.29, 0.717) is 11.5 Å². The number of carbonyl (C=O) groups excluding carboxylic acids is 1. The lowest BCUT2D eigenvalue weighted by molar-refractivity contribution is 0.0723. The van der Waals surface area contributed by atoms with Crippen LogP contribution in [-0.2, 0) is 0 Å². The van der Waals surface area contributed by atoms with Crippen molar-refractivity contribution >= 4 is 17.5 Å². The van der Waals surface area contributed by atoms with Crippen LogP contribution in [0.3, 0.4) is 0 Å². The fraction of sp³-hybridized carbons (Fsp3) is 0.389. The summed E-state index contributed by atoms with van der Waals surface area (Å²) in [6, 6.07) is 6.07. The van der Waals surface area contributed by atoms with Gasteiger partial charge in [-0.3, -0.25) is 4.79 Å². The van der Waals surface area contributed by atoms with Crippen LogP contribution in [0.15, 0.2) is 30.6 Å². The summed E-state index contributed by atoms with van der Waals surface area (Å²) in [6.45, 7) is 5.80. The summed E-state index contributed by atoms with van der Waals surface area (Å²) in [7, 11) is 0. The van der Waals surface area contributed by atoms with Crippen molar-refractivity contribution in [2.75, 3.05) is 18.4 Å². The van der Waals surface area contributed by atoms with Gasteiger partial charge in [0.25, 0.3) is 5.91 Å². The van der Waals surface area contributed by atoms with Crippen LogP contribution in [0.2, 0.25) is 0 Å². The van der Waals surface area contributed by atoms with Crippen LogP contribution in [0, 0.1) is 13.8 Å². The molecule has 2 heterocycles.